The van der Waals surface area contributed by atoms with E-state index in [-0.39, 0.29) is 11.6 Å². The lowest BCUT2D eigenvalue weighted by molar-refractivity contribution is 0.458. The maximum Gasteiger partial charge on any atom is 0.169 e. The van der Waals surface area contributed by atoms with Crippen LogP contribution in [0.1, 0.15) is 26.3 Å². The molecule has 0 aliphatic heterocycles. The molecule has 1 unspecified atom stereocenters. The molecule has 0 spiro atoms. The van der Waals surface area contributed by atoms with Gasteiger partial charge in [0, 0.05) is 12.3 Å². The second-order valence-electron chi connectivity index (χ2n) is 6.06. The fourth-order valence-corrected chi connectivity index (χ4v) is 2.40. The van der Waals surface area contributed by atoms with Crippen molar-refractivity contribution >= 4 is 17.2 Å². The van der Waals surface area contributed by atoms with Gasteiger partial charge in [0.25, 0.3) is 0 Å². The summed E-state index contributed by atoms with van der Waals surface area (Å²) in [6.45, 7) is 5.24. The van der Waals surface area contributed by atoms with E-state index >= 15 is 0 Å². The van der Waals surface area contributed by atoms with Crippen molar-refractivity contribution in [3.63, 3.8) is 0 Å². The van der Waals surface area contributed by atoms with Crippen LogP contribution in [0.15, 0.2) is 34.7 Å². The van der Waals surface area contributed by atoms with Crippen molar-refractivity contribution in [1.29, 1.82) is 0 Å². The first kappa shape index (κ1) is 18.3. The SMILES string of the molecule is CC(C)(C)S(=O)/N=C/c1cccc(-c2c(F)c(F)cc(F)c2F)c1. The lowest BCUT2D eigenvalue weighted by Gasteiger charge is -2.12. The quantitative estimate of drug-likeness (QED) is 0.441. The van der Waals surface area contributed by atoms with Crippen LogP contribution in [-0.2, 0) is 11.0 Å². The van der Waals surface area contributed by atoms with E-state index < -0.39 is 44.6 Å². The Morgan fingerprint density at radius 1 is 1.00 bits per heavy atom. The molecule has 0 aromatic heterocycles. The van der Waals surface area contributed by atoms with Crippen LogP contribution >= 0.6 is 0 Å². The Labute approximate surface area is 139 Å². The third-order valence-corrected chi connectivity index (χ3v) is 4.45. The fraction of sp³-hybridized carbons (Fsp3) is 0.235. The molecule has 0 fully saturated rings. The maximum absolute atomic E-state index is 13.9. The summed E-state index contributed by atoms with van der Waals surface area (Å²) in [5, 5.41) is 0. The molecule has 0 amide bonds. The van der Waals surface area contributed by atoms with Crippen molar-refractivity contribution in [2.75, 3.05) is 0 Å². The molecule has 2 rings (SSSR count). The van der Waals surface area contributed by atoms with Gasteiger partial charge in [-0.05, 0) is 38.0 Å². The highest BCUT2D eigenvalue weighted by Gasteiger charge is 2.21. The summed E-state index contributed by atoms with van der Waals surface area (Å²) in [6, 6.07) is 5.81. The van der Waals surface area contributed by atoms with E-state index in [1.54, 1.807) is 26.8 Å². The Bertz CT molecular complexity index is 802. The highest BCUT2D eigenvalue weighted by Crippen LogP contribution is 2.29. The smallest absolute Gasteiger partial charge is 0.169 e. The van der Waals surface area contributed by atoms with E-state index in [2.05, 4.69) is 4.40 Å². The first-order valence-electron chi connectivity index (χ1n) is 7.00. The predicted molar refractivity (Wildman–Crippen MR) is 87.2 cm³/mol. The van der Waals surface area contributed by atoms with E-state index in [1.165, 1.54) is 24.4 Å². The Hall–Kier alpha value is -2.02. The summed E-state index contributed by atoms with van der Waals surface area (Å²) >= 11 is 0. The van der Waals surface area contributed by atoms with E-state index in [1.807, 2.05) is 0 Å². The molecule has 0 heterocycles. The molecule has 0 radical (unpaired) electrons. The fourth-order valence-electron chi connectivity index (χ4n) is 1.87. The molecule has 0 saturated heterocycles. The van der Waals surface area contributed by atoms with Crippen LogP contribution in [0.3, 0.4) is 0 Å². The molecular weight excluding hydrogens is 342 g/mol. The van der Waals surface area contributed by atoms with Crippen LogP contribution < -0.4 is 0 Å². The topological polar surface area (TPSA) is 29.4 Å². The number of benzene rings is 2. The Morgan fingerprint density at radius 2 is 1.58 bits per heavy atom. The van der Waals surface area contributed by atoms with Crippen molar-refractivity contribution in [3.05, 3.63) is 59.2 Å². The highest BCUT2D eigenvalue weighted by atomic mass is 32.2. The van der Waals surface area contributed by atoms with Crippen LogP contribution in [0.2, 0.25) is 0 Å². The molecule has 0 bridgehead atoms. The minimum atomic E-state index is -1.50. The summed E-state index contributed by atoms with van der Waals surface area (Å²) in [7, 11) is -1.50. The third kappa shape index (κ3) is 3.90. The molecule has 0 saturated carbocycles. The Morgan fingerprint density at radius 3 is 2.12 bits per heavy atom. The second-order valence-corrected chi connectivity index (χ2v) is 8.00. The molecule has 2 nitrogen and oxygen atoms in total. The van der Waals surface area contributed by atoms with Crippen molar-refractivity contribution in [1.82, 2.24) is 0 Å². The molecule has 0 aliphatic rings. The van der Waals surface area contributed by atoms with Gasteiger partial charge in [0.1, 0.15) is 11.0 Å². The molecule has 2 aromatic rings. The van der Waals surface area contributed by atoms with E-state index in [4.69, 9.17) is 0 Å². The van der Waals surface area contributed by atoms with Gasteiger partial charge in [0.05, 0.1) is 10.3 Å². The normalized spacial score (nSPS) is 13.5. The van der Waals surface area contributed by atoms with Gasteiger partial charge in [-0.1, -0.05) is 18.2 Å². The zero-order chi connectivity index (χ0) is 18.1. The van der Waals surface area contributed by atoms with Crippen LogP contribution in [0.5, 0.6) is 0 Å². The third-order valence-electron chi connectivity index (χ3n) is 3.11. The highest BCUT2D eigenvalue weighted by molar-refractivity contribution is 7.85. The van der Waals surface area contributed by atoms with Crippen molar-refractivity contribution in [2.24, 2.45) is 4.40 Å². The molecule has 1 atom stereocenters. The van der Waals surface area contributed by atoms with Crippen LogP contribution in [0.25, 0.3) is 11.1 Å². The summed E-state index contributed by atoms with van der Waals surface area (Å²) in [6.07, 6.45) is 1.29. The lowest BCUT2D eigenvalue weighted by Crippen LogP contribution is -2.19. The Balaban J connectivity index is 2.46. The summed E-state index contributed by atoms with van der Waals surface area (Å²) in [5.41, 5.74) is -0.442. The van der Waals surface area contributed by atoms with Crippen molar-refractivity contribution in [2.45, 2.75) is 25.5 Å². The van der Waals surface area contributed by atoms with E-state index in [0.717, 1.165) is 0 Å². The van der Waals surface area contributed by atoms with Gasteiger partial charge in [-0.15, -0.1) is 0 Å². The van der Waals surface area contributed by atoms with Gasteiger partial charge < -0.3 is 0 Å². The van der Waals surface area contributed by atoms with Crippen LogP contribution in [-0.4, -0.2) is 15.2 Å². The Kier molecular flexibility index (Phi) is 5.22. The predicted octanol–water partition coefficient (Wildman–Crippen LogP) is 4.79. The monoisotopic (exact) mass is 357 g/mol. The maximum atomic E-state index is 13.9. The number of hydrogen-bond acceptors (Lipinski definition) is 1. The molecule has 2 aromatic carbocycles. The minimum absolute atomic E-state index is 0.0473. The van der Waals surface area contributed by atoms with Gasteiger partial charge in [-0.3, -0.25) is 0 Å². The van der Waals surface area contributed by atoms with Crippen molar-refractivity contribution in [3.8, 4) is 11.1 Å². The standard InChI is InChI=1S/C17H15F4NOS/c1-17(2,3)24(23)22-9-10-5-4-6-11(7-10)14-15(20)12(18)8-13(19)16(14)21/h4-9H,1-3H3/b22-9+. The first-order chi connectivity index (χ1) is 11.1. The van der Waals surface area contributed by atoms with Crippen molar-refractivity contribution < 1.29 is 21.8 Å². The second kappa shape index (κ2) is 6.84. The number of nitrogens with zero attached hydrogens (tertiary/aromatic N) is 1. The first-order valence-corrected chi connectivity index (χ1v) is 8.11. The molecule has 0 N–H and O–H groups in total. The summed E-state index contributed by atoms with van der Waals surface area (Å²) in [4.78, 5) is 0. The molecular formula is C17H15F4NOS. The zero-order valence-corrected chi connectivity index (χ0v) is 14.1. The largest absolute Gasteiger partial charge is 0.234 e. The summed E-state index contributed by atoms with van der Waals surface area (Å²) < 4.78 is 69.6. The molecule has 7 heteroatoms. The molecule has 24 heavy (non-hydrogen) atoms. The summed E-state index contributed by atoms with van der Waals surface area (Å²) in [5.74, 6) is -5.89. The molecule has 0 aliphatic carbocycles. The van der Waals surface area contributed by atoms with Gasteiger partial charge in [-0.2, -0.15) is 4.40 Å². The van der Waals surface area contributed by atoms with E-state index in [9.17, 15) is 21.8 Å². The molecule has 128 valence electrons. The van der Waals surface area contributed by atoms with Crippen LogP contribution in [0, 0.1) is 23.3 Å². The number of hydrogen-bond donors (Lipinski definition) is 0. The lowest BCUT2D eigenvalue weighted by atomic mass is 10.0. The van der Waals surface area contributed by atoms with Crippen LogP contribution in [0.4, 0.5) is 17.6 Å². The van der Waals surface area contributed by atoms with Gasteiger partial charge in [0.2, 0.25) is 0 Å². The van der Waals surface area contributed by atoms with Gasteiger partial charge in [0.15, 0.2) is 23.3 Å². The number of halogens is 4. The average molecular weight is 357 g/mol. The minimum Gasteiger partial charge on any atom is -0.234 e. The van der Waals surface area contributed by atoms with Gasteiger partial charge in [-0.25, -0.2) is 21.8 Å². The van der Waals surface area contributed by atoms with E-state index in [0.29, 0.717) is 5.56 Å². The number of rotatable bonds is 3. The zero-order valence-electron chi connectivity index (χ0n) is 13.2. The average Bonchev–Trinajstić information content (AvgIpc) is 2.50. The van der Waals surface area contributed by atoms with Gasteiger partial charge >= 0.3 is 0 Å².